The molecule has 0 radical (unpaired) electrons. The molecule has 1 fully saturated rings. The first-order valence-corrected chi connectivity index (χ1v) is 9.70. The van der Waals surface area contributed by atoms with Gasteiger partial charge in [-0.25, -0.2) is 4.68 Å². The molecule has 0 saturated carbocycles. The molecule has 29 heavy (non-hydrogen) atoms. The number of anilines is 2. The number of benzene rings is 1. The minimum atomic E-state index is -0.316. The van der Waals surface area contributed by atoms with E-state index >= 15 is 0 Å². The van der Waals surface area contributed by atoms with E-state index in [9.17, 15) is 9.59 Å². The molecular weight excluding hydrogens is 368 g/mol. The van der Waals surface area contributed by atoms with Crippen molar-refractivity contribution in [2.75, 3.05) is 23.3 Å². The van der Waals surface area contributed by atoms with Gasteiger partial charge in [0.15, 0.2) is 5.82 Å². The van der Waals surface area contributed by atoms with Crippen molar-refractivity contribution in [3.63, 3.8) is 0 Å². The lowest BCUT2D eigenvalue weighted by molar-refractivity contribution is -0.117. The summed E-state index contributed by atoms with van der Waals surface area (Å²) in [5, 5.41) is 15.4. The molecule has 1 amide bonds. The van der Waals surface area contributed by atoms with Gasteiger partial charge in [-0.15, -0.1) is 10.2 Å². The number of hydrogen-bond acceptors (Lipinski definition) is 6. The Balaban J connectivity index is 1.39. The summed E-state index contributed by atoms with van der Waals surface area (Å²) >= 11 is 0. The van der Waals surface area contributed by atoms with Crippen LogP contribution in [0.4, 0.5) is 11.5 Å². The lowest BCUT2D eigenvalue weighted by Crippen LogP contribution is -2.30. The second-order valence-electron chi connectivity index (χ2n) is 6.97. The summed E-state index contributed by atoms with van der Waals surface area (Å²) in [6.07, 6.45) is 5.15. The number of nitrogens with zero attached hydrogens (tertiary/aromatic N) is 5. The SMILES string of the molecule is O=C(Cn1ncccc1=O)Nc1ccc(-c2ccc(N3CCCCC3)nn2)cc1. The average molecular weight is 390 g/mol. The Labute approximate surface area is 168 Å². The number of piperidine rings is 1. The van der Waals surface area contributed by atoms with E-state index in [2.05, 4.69) is 25.5 Å². The molecule has 3 heterocycles. The maximum atomic E-state index is 12.1. The van der Waals surface area contributed by atoms with E-state index in [-0.39, 0.29) is 18.0 Å². The topological polar surface area (TPSA) is 93.0 Å². The third-order valence-corrected chi connectivity index (χ3v) is 4.87. The van der Waals surface area contributed by atoms with Gasteiger partial charge in [-0.1, -0.05) is 12.1 Å². The van der Waals surface area contributed by atoms with E-state index in [0.717, 1.165) is 34.8 Å². The van der Waals surface area contributed by atoms with Gasteiger partial charge < -0.3 is 10.2 Å². The number of nitrogens with one attached hydrogen (secondary N) is 1. The summed E-state index contributed by atoms with van der Waals surface area (Å²) in [7, 11) is 0. The maximum absolute atomic E-state index is 12.1. The Bertz CT molecular complexity index is 1020. The Morgan fingerprint density at radius 1 is 0.966 bits per heavy atom. The zero-order valence-corrected chi connectivity index (χ0v) is 16.0. The van der Waals surface area contributed by atoms with Gasteiger partial charge in [0.2, 0.25) is 5.91 Å². The van der Waals surface area contributed by atoms with Gasteiger partial charge in [0, 0.05) is 36.6 Å². The van der Waals surface area contributed by atoms with Crippen molar-refractivity contribution in [3.8, 4) is 11.3 Å². The Morgan fingerprint density at radius 2 is 1.76 bits per heavy atom. The van der Waals surface area contributed by atoms with Crippen LogP contribution in [0, 0.1) is 0 Å². The molecule has 8 heteroatoms. The quantitative estimate of drug-likeness (QED) is 0.719. The summed E-state index contributed by atoms with van der Waals surface area (Å²) in [5.41, 5.74) is 2.02. The van der Waals surface area contributed by atoms with Gasteiger partial charge in [0.25, 0.3) is 5.56 Å². The van der Waals surface area contributed by atoms with Gasteiger partial charge in [0.05, 0.1) is 5.69 Å². The highest BCUT2D eigenvalue weighted by Gasteiger charge is 2.13. The van der Waals surface area contributed by atoms with E-state index < -0.39 is 0 Å². The summed E-state index contributed by atoms with van der Waals surface area (Å²) in [5.74, 6) is 0.603. The molecule has 0 bridgehead atoms. The highest BCUT2D eigenvalue weighted by molar-refractivity contribution is 5.90. The minimum Gasteiger partial charge on any atom is -0.355 e. The average Bonchev–Trinajstić information content (AvgIpc) is 2.77. The summed E-state index contributed by atoms with van der Waals surface area (Å²) < 4.78 is 1.11. The number of carbonyl (C=O) groups excluding carboxylic acids is 1. The zero-order valence-electron chi connectivity index (χ0n) is 16.0. The molecule has 1 aromatic carbocycles. The fourth-order valence-corrected chi connectivity index (χ4v) is 3.34. The Morgan fingerprint density at radius 3 is 2.45 bits per heavy atom. The van der Waals surface area contributed by atoms with Crippen molar-refractivity contribution in [2.24, 2.45) is 0 Å². The first-order chi connectivity index (χ1) is 14.2. The zero-order chi connectivity index (χ0) is 20.1. The molecular formula is C21H22N6O2. The normalized spacial score (nSPS) is 13.9. The third kappa shape index (κ3) is 4.66. The first-order valence-electron chi connectivity index (χ1n) is 9.70. The molecule has 1 aliphatic rings. The highest BCUT2D eigenvalue weighted by atomic mass is 16.2. The fraction of sp³-hybridized carbons (Fsp3) is 0.286. The number of amides is 1. The predicted octanol–water partition coefficient (Wildman–Crippen LogP) is 2.33. The van der Waals surface area contributed by atoms with E-state index in [1.165, 1.54) is 37.6 Å². The summed E-state index contributed by atoms with van der Waals surface area (Å²) in [4.78, 5) is 26.0. The standard InChI is InChI=1S/C21H22N6O2/c28-20(15-27-21(29)5-4-12-22-27)23-17-8-6-16(7-9-17)18-10-11-19(25-24-18)26-13-2-1-3-14-26/h4-12H,1-3,13-15H2,(H,23,28). The number of rotatable bonds is 5. The van der Waals surface area contributed by atoms with E-state index in [4.69, 9.17) is 0 Å². The van der Waals surface area contributed by atoms with Gasteiger partial charge in [-0.05, 0) is 49.6 Å². The van der Waals surface area contributed by atoms with E-state index in [1.807, 2.05) is 24.3 Å². The molecule has 8 nitrogen and oxygen atoms in total. The van der Waals surface area contributed by atoms with Crippen LogP contribution in [0.2, 0.25) is 0 Å². The molecule has 0 atom stereocenters. The molecule has 3 aromatic rings. The summed E-state index contributed by atoms with van der Waals surface area (Å²) in [6.45, 7) is 1.94. The predicted molar refractivity (Wildman–Crippen MR) is 111 cm³/mol. The number of carbonyl (C=O) groups is 1. The second-order valence-corrected chi connectivity index (χ2v) is 6.97. The molecule has 2 aromatic heterocycles. The van der Waals surface area contributed by atoms with Crippen molar-refractivity contribution in [1.82, 2.24) is 20.0 Å². The molecule has 1 N–H and O–H groups in total. The van der Waals surface area contributed by atoms with Crippen molar-refractivity contribution < 1.29 is 4.79 Å². The molecule has 0 spiro atoms. The van der Waals surface area contributed by atoms with Gasteiger partial charge in [-0.2, -0.15) is 5.10 Å². The van der Waals surface area contributed by atoms with Gasteiger partial charge in [0.1, 0.15) is 6.54 Å². The van der Waals surface area contributed by atoms with Crippen molar-refractivity contribution in [2.45, 2.75) is 25.8 Å². The summed E-state index contributed by atoms with van der Waals surface area (Å²) in [6, 6.07) is 14.2. The molecule has 0 unspecified atom stereocenters. The highest BCUT2D eigenvalue weighted by Crippen LogP contribution is 2.22. The van der Waals surface area contributed by atoms with E-state index in [0.29, 0.717) is 5.69 Å². The van der Waals surface area contributed by atoms with Crippen LogP contribution in [-0.4, -0.2) is 39.0 Å². The molecule has 4 rings (SSSR count). The van der Waals surface area contributed by atoms with Crippen LogP contribution in [0.1, 0.15) is 19.3 Å². The van der Waals surface area contributed by atoms with Gasteiger partial charge in [-0.3, -0.25) is 9.59 Å². The van der Waals surface area contributed by atoms with Crippen LogP contribution >= 0.6 is 0 Å². The molecule has 1 saturated heterocycles. The van der Waals surface area contributed by atoms with Crippen molar-refractivity contribution in [1.29, 1.82) is 0 Å². The molecule has 1 aliphatic heterocycles. The van der Waals surface area contributed by atoms with Crippen LogP contribution in [0.15, 0.2) is 59.5 Å². The van der Waals surface area contributed by atoms with Crippen LogP contribution in [0.5, 0.6) is 0 Å². The first kappa shape index (κ1) is 18.8. The van der Waals surface area contributed by atoms with Crippen LogP contribution in [-0.2, 0) is 11.3 Å². The Kier molecular flexibility index (Phi) is 5.60. The van der Waals surface area contributed by atoms with E-state index in [1.54, 1.807) is 12.1 Å². The maximum Gasteiger partial charge on any atom is 0.267 e. The molecule has 0 aliphatic carbocycles. The van der Waals surface area contributed by atoms with Crippen molar-refractivity contribution in [3.05, 3.63) is 65.1 Å². The lowest BCUT2D eigenvalue weighted by Gasteiger charge is -2.27. The number of aromatic nitrogens is 4. The van der Waals surface area contributed by atoms with Crippen LogP contribution in [0.3, 0.4) is 0 Å². The third-order valence-electron chi connectivity index (χ3n) is 4.87. The lowest BCUT2D eigenvalue weighted by atomic mass is 10.1. The van der Waals surface area contributed by atoms with Crippen LogP contribution in [0.25, 0.3) is 11.3 Å². The Hall–Kier alpha value is -3.55. The fourth-order valence-electron chi connectivity index (χ4n) is 3.34. The molecule has 148 valence electrons. The van der Waals surface area contributed by atoms with Crippen LogP contribution < -0.4 is 15.8 Å². The van der Waals surface area contributed by atoms with Crippen molar-refractivity contribution >= 4 is 17.4 Å². The smallest absolute Gasteiger partial charge is 0.267 e. The van der Waals surface area contributed by atoms with Gasteiger partial charge >= 0.3 is 0 Å². The number of hydrogen-bond donors (Lipinski definition) is 1. The minimum absolute atomic E-state index is 0.134. The largest absolute Gasteiger partial charge is 0.355 e. The monoisotopic (exact) mass is 390 g/mol. The second kappa shape index (κ2) is 8.64.